The van der Waals surface area contributed by atoms with E-state index in [1.165, 1.54) is 6.07 Å². The van der Waals surface area contributed by atoms with Crippen LogP contribution in [0, 0.1) is 11.2 Å². The Bertz CT molecular complexity index is 1120. The normalized spacial score (nSPS) is 11.8. The topological polar surface area (TPSA) is 46.5 Å². The second kappa shape index (κ2) is 7.48. The minimum absolute atomic E-state index is 0.125. The third kappa shape index (κ3) is 4.10. The molecule has 0 fully saturated rings. The molecule has 0 aliphatic rings. The summed E-state index contributed by atoms with van der Waals surface area (Å²) >= 11 is 6.27. The monoisotopic (exact) mass is 408 g/mol. The van der Waals surface area contributed by atoms with Crippen LogP contribution < -0.4 is 0 Å². The predicted octanol–water partition coefficient (Wildman–Crippen LogP) is 6.45. The number of imidazole rings is 2. The Morgan fingerprint density at radius 1 is 1.07 bits per heavy atom. The van der Waals surface area contributed by atoms with Gasteiger partial charge in [0.05, 0.1) is 28.3 Å². The standard InChI is InChI=1S/C23H22ClFN4/c1-23(2,3)13-29-12-18(26-14-29)21-20(15-8-5-4-6-9-15)27-22(28-21)19-16(24)10-7-11-17(19)25/h4-12,14H,13H2,1-3H3,(H,27,28). The number of rotatable bonds is 4. The summed E-state index contributed by atoms with van der Waals surface area (Å²) in [5.41, 5.74) is 3.49. The van der Waals surface area contributed by atoms with Crippen molar-refractivity contribution in [3.63, 3.8) is 0 Å². The van der Waals surface area contributed by atoms with Crippen molar-refractivity contribution in [2.75, 3.05) is 0 Å². The lowest BCUT2D eigenvalue weighted by molar-refractivity contribution is 0.343. The number of halogens is 2. The second-order valence-electron chi connectivity index (χ2n) is 8.26. The molecular weight excluding hydrogens is 387 g/mol. The number of benzene rings is 2. The zero-order valence-corrected chi connectivity index (χ0v) is 17.3. The van der Waals surface area contributed by atoms with Crippen LogP contribution in [0.1, 0.15) is 20.8 Å². The van der Waals surface area contributed by atoms with Gasteiger partial charge in [0.25, 0.3) is 0 Å². The quantitative estimate of drug-likeness (QED) is 0.422. The Hall–Kier alpha value is -2.92. The fourth-order valence-corrected chi connectivity index (χ4v) is 3.58. The minimum Gasteiger partial charge on any atom is -0.336 e. The van der Waals surface area contributed by atoms with Gasteiger partial charge in [-0.25, -0.2) is 14.4 Å². The van der Waals surface area contributed by atoms with Crippen LogP contribution in [0.5, 0.6) is 0 Å². The first-order valence-electron chi connectivity index (χ1n) is 9.44. The Morgan fingerprint density at radius 3 is 2.52 bits per heavy atom. The van der Waals surface area contributed by atoms with E-state index < -0.39 is 5.82 Å². The van der Waals surface area contributed by atoms with E-state index in [2.05, 4.69) is 35.3 Å². The van der Waals surface area contributed by atoms with Crippen LogP contribution in [-0.2, 0) is 6.54 Å². The average molecular weight is 409 g/mol. The molecule has 29 heavy (non-hydrogen) atoms. The van der Waals surface area contributed by atoms with Crippen molar-refractivity contribution in [3.05, 3.63) is 71.9 Å². The van der Waals surface area contributed by atoms with Gasteiger partial charge in [0.2, 0.25) is 0 Å². The van der Waals surface area contributed by atoms with E-state index in [0.717, 1.165) is 23.5 Å². The van der Waals surface area contributed by atoms with Crippen molar-refractivity contribution in [1.82, 2.24) is 19.5 Å². The molecule has 0 radical (unpaired) electrons. The Labute approximate surface area is 174 Å². The number of nitrogens with zero attached hydrogens (tertiary/aromatic N) is 3. The summed E-state index contributed by atoms with van der Waals surface area (Å²) in [7, 11) is 0. The lowest BCUT2D eigenvalue weighted by Gasteiger charge is -2.18. The predicted molar refractivity (Wildman–Crippen MR) is 115 cm³/mol. The second-order valence-corrected chi connectivity index (χ2v) is 8.67. The number of H-pyrrole nitrogens is 1. The summed E-state index contributed by atoms with van der Waals surface area (Å²) in [6, 6.07) is 14.4. The van der Waals surface area contributed by atoms with Crippen molar-refractivity contribution in [1.29, 1.82) is 0 Å². The van der Waals surface area contributed by atoms with E-state index in [9.17, 15) is 4.39 Å². The molecule has 2 aromatic heterocycles. The number of nitrogens with one attached hydrogen (secondary N) is 1. The molecule has 0 saturated heterocycles. The molecule has 0 unspecified atom stereocenters. The van der Waals surface area contributed by atoms with Gasteiger partial charge in [-0.05, 0) is 17.5 Å². The summed E-state index contributed by atoms with van der Waals surface area (Å²) in [4.78, 5) is 12.5. The van der Waals surface area contributed by atoms with Gasteiger partial charge in [-0.15, -0.1) is 0 Å². The first-order valence-corrected chi connectivity index (χ1v) is 9.81. The van der Waals surface area contributed by atoms with E-state index in [4.69, 9.17) is 16.6 Å². The molecule has 0 saturated carbocycles. The SMILES string of the molecule is CC(C)(C)Cn1cnc(-c2[nH]c(-c3c(F)cccc3Cl)nc2-c2ccccc2)c1. The number of aromatic nitrogens is 4. The largest absolute Gasteiger partial charge is 0.336 e. The first kappa shape index (κ1) is 19.4. The van der Waals surface area contributed by atoms with Crippen molar-refractivity contribution in [2.24, 2.45) is 5.41 Å². The van der Waals surface area contributed by atoms with Crippen molar-refractivity contribution in [2.45, 2.75) is 27.3 Å². The molecule has 4 nitrogen and oxygen atoms in total. The first-order chi connectivity index (χ1) is 13.8. The van der Waals surface area contributed by atoms with E-state index >= 15 is 0 Å². The average Bonchev–Trinajstić information content (AvgIpc) is 3.28. The van der Waals surface area contributed by atoms with Gasteiger partial charge in [0, 0.05) is 18.3 Å². The summed E-state index contributed by atoms with van der Waals surface area (Å²) in [5.74, 6) is -0.0389. The number of hydrogen-bond acceptors (Lipinski definition) is 2. The smallest absolute Gasteiger partial charge is 0.143 e. The van der Waals surface area contributed by atoms with Gasteiger partial charge >= 0.3 is 0 Å². The van der Waals surface area contributed by atoms with Crippen LogP contribution in [0.2, 0.25) is 5.02 Å². The van der Waals surface area contributed by atoms with Gasteiger partial charge < -0.3 is 9.55 Å². The molecule has 0 amide bonds. The highest BCUT2D eigenvalue weighted by molar-refractivity contribution is 6.33. The van der Waals surface area contributed by atoms with Crippen LogP contribution in [-0.4, -0.2) is 19.5 Å². The van der Waals surface area contributed by atoms with E-state index in [1.54, 1.807) is 12.1 Å². The minimum atomic E-state index is -0.421. The molecular formula is C23H22ClFN4. The van der Waals surface area contributed by atoms with Gasteiger partial charge in [-0.3, -0.25) is 0 Å². The molecule has 0 aliphatic heterocycles. The number of aromatic amines is 1. The maximum absolute atomic E-state index is 14.5. The maximum Gasteiger partial charge on any atom is 0.143 e. The van der Waals surface area contributed by atoms with E-state index in [0.29, 0.717) is 16.5 Å². The van der Waals surface area contributed by atoms with Gasteiger partial charge in [0.15, 0.2) is 0 Å². The summed E-state index contributed by atoms with van der Waals surface area (Å²) < 4.78 is 16.6. The van der Waals surface area contributed by atoms with Crippen LogP contribution in [0.4, 0.5) is 4.39 Å². The van der Waals surface area contributed by atoms with Crippen molar-refractivity contribution < 1.29 is 4.39 Å². The lowest BCUT2D eigenvalue weighted by atomic mass is 9.97. The van der Waals surface area contributed by atoms with Crippen molar-refractivity contribution in [3.8, 4) is 34.0 Å². The highest BCUT2D eigenvalue weighted by Crippen LogP contribution is 2.35. The van der Waals surface area contributed by atoms with Crippen LogP contribution in [0.15, 0.2) is 61.1 Å². The molecule has 2 heterocycles. The highest BCUT2D eigenvalue weighted by atomic mass is 35.5. The zero-order valence-electron chi connectivity index (χ0n) is 16.6. The molecule has 2 aromatic carbocycles. The van der Waals surface area contributed by atoms with E-state index in [-0.39, 0.29) is 11.0 Å². The molecule has 0 atom stereocenters. The summed E-state index contributed by atoms with van der Waals surface area (Å²) in [6.45, 7) is 7.37. The Morgan fingerprint density at radius 2 is 1.83 bits per heavy atom. The molecule has 148 valence electrons. The van der Waals surface area contributed by atoms with Crippen molar-refractivity contribution >= 4 is 11.6 Å². The van der Waals surface area contributed by atoms with Crippen LogP contribution in [0.3, 0.4) is 0 Å². The Balaban J connectivity index is 1.86. The third-order valence-corrected chi connectivity index (χ3v) is 4.81. The molecule has 0 bridgehead atoms. The molecule has 0 aliphatic carbocycles. The number of hydrogen-bond donors (Lipinski definition) is 1. The van der Waals surface area contributed by atoms with Gasteiger partial charge in [-0.1, -0.05) is 68.8 Å². The van der Waals surface area contributed by atoms with Crippen LogP contribution >= 0.6 is 11.6 Å². The fraction of sp³-hybridized carbons (Fsp3) is 0.217. The van der Waals surface area contributed by atoms with Gasteiger partial charge in [-0.2, -0.15) is 0 Å². The molecule has 4 aromatic rings. The lowest BCUT2D eigenvalue weighted by Crippen LogP contribution is -2.13. The molecule has 1 N–H and O–H groups in total. The molecule has 4 rings (SSSR count). The maximum atomic E-state index is 14.5. The van der Waals surface area contributed by atoms with Crippen LogP contribution in [0.25, 0.3) is 34.0 Å². The highest BCUT2D eigenvalue weighted by Gasteiger charge is 2.21. The fourth-order valence-electron chi connectivity index (χ4n) is 3.33. The van der Waals surface area contributed by atoms with E-state index in [1.807, 2.05) is 42.9 Å². The summed E-state index contributed by atoms with van der Waals surface area (Å²) in [5, 5.41) is 0.308. The zero-order chi connectivity index (χ0) is 20.6. The van der Waals surface area contributed by atoms with Gasteiger partial charge in [0.1, 0.15) is 17.3 Å². The summed E-state index contributed by atoms with van der Waals surface area (Å²) in [6.07, 6.45) is 3.80. The molecule has 0 spiro atoms. The third-order valence-electron chi connectivity index (χ3n) is 4.50. The molecule has 6 heteroatoms. The Kier molecular flexibility index (Phi) is 5.01.